The van der Waals surface area contributed by atoms with Gasteiger partial charge >= 0.3 is 0 Å². The molecule has 14 heavy (non-hydrogen) atoms. The molecule has 1 atom stereocenters. The smallest absolute Gasteiger partial charge is 0.253 e. The second kappa shape index (κ2) is 6.09. The topological polar surface area (TPSA) is 12.0 Å². The molecule has 0 amide bonds. The Kier molecular flexibility index (Phi) is 5.04. The number of alkyl halides is 2. The number of rotatable bonds is 6. The normalized spacial score (nSPS) is 13.4. The van der Waals surface area contributed by atoms with Gasteiger partial charge in [-0.3, -0.25) is 0 Å². The molecule has 1 aromatic heterocycles. The molecule has 0 radical (unpaired) electrons. The van der Waals surface area contributed by atoms with Gasteiger partial charge < -0.3 is 5.32 Å². The first-order chi connectivity index (χ1) is 6.74. The second-order valence-electron chi connectivity index (χ2n) is 3.17. The maximum absolute atomic E-state index is 12.5. The number of hydrogen-bond donors (Lipinski definition) is 1. The van der Waals surface area contributed by atoms with Crippen molar-refractivity contribution in [3.8, 4) is 0 Å². The van der Waals surface area contributed by atoms with Gasteiger partial charge in [-0.25, -0.2) is 8.78 Å². The molecular weight excluding hydrogens is 204 g/mol. The Morgan fingerprint density at radius 3 is 2.79 bits per heavy atom. The van der Waals surface area contributed by atoms with Crippen LogP contribution in [0.2, 0.25) is 0 Å². The lowest BCUT2D eigenvalue weighted by atomic mass is 10.1. The lowest BCUT2D eigenvalue weighted by Crippen LogP contribution is -2.35. The molecule has 0 bridgehead atoms. The van der Waals surface area contributed by atoms with Crippen molar-refractivity contribution in [3.63, 3.8) is 0 Å². The predicted molar refractivity (Wildman–Crippen MR) is 56.1 cm³/mol. The molecule has 1 N–H and O–H groups in total. The number of nitrogens with one attached hydrogen (secondary N) is 1. The van der Waals surface area contributed by atoms with Crippen molar-refractivity contribution in [1.82, 2.24) is 5.32 Å². The van der Waals surface area contributed by atoms with Crippen molar-refractivity contribution in [2.75, 3.05) is 6.54 Å². The van der Waals surface area contributed by atoms with Crippen LogP contribution in [-0.2, 0) is 6.42 Å². The zero-order valence-electron chi connectivity index (χ0n) is 8.17. The van der Waals surface area contributed by atoms with Crippen LogP contribution in [0.5, 0.6) is 0 Å². The highest BCUT2D eigenvalue weighted by molar-refractivity contribution is 7.07. The third-order valence-corrected chi connectivity index (χ3v) is 2.83. The van der Waals surface area contributed by atoms with Crippen LogP contribution in [0.15, 0.2) is 16.8 Å². The van der Waals surface area contributed by atoms with E-state index in [0.29, 0.717) is 13.0 Å². The van der Waals surface area contributed by atoms with Gasteiger partial charge in [0, 0.05) is 0 Å². The summed E-state index contributed by atoms with van der Waals surface area (Å²) in [6.07, 6.45) is -1.04. The van der Waals surface area contributed by atoms with E-state index in [1.807, 2.05) is 23.8 Å². The summed E-state index contributed by atoms with van der Waals surface area (Å²) in [6.45, 7) is 2.44. The maximum Gasteiger partial charge on any atom is 0.253 e. The van der Waals surface area contributed by atoms with Crippen LogP contribution in [0.25, 0.3) is 0 Å². The lowest BCUT2D eigenvalue weighted by molar-refractivity contribution is 0.0951. The van der Waals surface area contributed by atoms with Crippen molar-refractivity contribution in [2.45, 2.75) is 32.2 Å². The van der Waals surface area contributed by atoms with Crippen LogP contribution in [-0.4, -0.2) is 19.0 Å². The van der Waals surface area contributed by atoms with Gasteiger partial charge in [-0.05, 0) is 41.8 Å². The van der Waals surface area contributed by atoms with Crippen molar-refractivity contribution in [3.05, 3.63) is 22.4 Å². The molecule has 0 saturated carbocycles. The predicted octanol–water partition coefficient (Wildman–Crippen LogP) is 2.92. The lowest BCUT2D eigenvalue weighted by Gasteiger charge is -2.16. The monoisotopic (exact) mass is 219 g/mol. The summed E-state index contributed by atoms with van der Waals surface area (Å²) in [6, 6.07) is 1.32. The molecule has 80 valence electrons. The Hall–Kier alpha value is -0.480. The fourth-order valence-electron chi connectivity index (χ4n) is 1.34. The summed E-state index contributed by atoms with van der Waals surface area (Å²) in [5.74, 6) is 0. The van der Waals surface area contributed by atoms with E-state index in [1.54, 1.807) is 11.3 Å². The molecule has 1 heterocycles. The van der Waals surface area contributed by atoms with Gasteiger partial charge in [-0.15, -0.1) is 0 Å². The Bertz CT molecular complexity index is 236. The van der Waals surface area contributed by atoms with E-state index in [4.69, 9.17) is 0 Å². The van der Waals surface area contributed by atoms with Crippen LogP contribution in [0.4, 0.5) is 8.78 Å². The minimum absolute atomic E-state index is 0.502. The molecule has 0 aliphatic rings. The molecule has 1 aromatic rings. The average Bonchev–Trinajstić information content (AvgIpc) is 2.64. The first-order valence-corrected chi connectivity index (χ1v) is 5.71. The Morgan fingerprint density at radius 2 is 2.29 bits per heavy atom. The van der Waals surface area contributed by atoms with Crippen LogP contribution in [0.3, 0.4) is 0 Å². The minimum Gasteiger partial charge on any atom is -0.309 e. The number of halogens is 2. The fourth-order valence-corrected chi connectivity index (χ4v) is 2.04. The van der Waals surface area contributed by atoms with E-state index in [0.717, 1.165) is 12.0 Å². The van der Waals surface area contributed by atoms with Crippen LogP contribution >= 0.6 is 11.3 Å². The maximum atomic E-state index is 12.5. The molecular formula is C10H15F2NS. The standard InChI is InChI=1S/C10H15F2NS/c1-2-13-9(10(11)12)4-3-8-5-6-14-7-8/h5-7,9-10,13H,2-4H2,1H3. The summed E-state index contributed by atoms with van der Waals surface area (Å²) < 4.78 is 24.9. The molecule has 0 aliphatic heterocycles. The van der Waals surface area contributed by atoms with Gasteiger partial charge in [0.1, 0.15) is 0 Å². The van der Waals surface area contributed by atoms with Crippen molar-refractivity contribution < 1.29 is 8.78 Å². The molecule has 0 aromatic carbocycles. The average molecular weight is 219 g/mol. The van der Waals surface area contributed by atoms with Gasteiger partial charge in [0.15, 0.2) is 0 Å². The van der Waals surface area contributed by atoms with Crippen molar-refractivity contribution in [2.24, 2.45) is 0 Å². The Morgan fingerprint density at radius 1 is 1.50 bits per heavy atom. The van der Waals surface area contributed by atoms with Crippen LogP contribution < -0.4 is 5.32 Å². The fraction of sp³-hybridized carbons (Fsp3) is 0.600. The van der Waals surface area contributed by atoms with E-state index in [9.17, 15) is 8.78 Å². The largest absolute Gasteiger partial charge is 0.309 e. The molecule has 0 fully saturated rings. The minimum atomic E-state index is -2.27. The van der Waals surface area contributed by atoms with E-state index in [1.165, 1.54) is 0 Å². The molecule has 0 aliphatic carbocycles. The second-order valence-corrected chi connectivity index (χ2v) is 3.95. The highest BCUT2D eigenvalue weighted by atomic mass is 32.1. The van der Waals surface area contributed by atoms with Gasteiger partial charge in [-0.2, -0.15) is 11.3 Å². The highest BCUT2D eigenvalue weighted by Gasteiger charge is 2.18. The Balaban J connectivity index is 2.33. The van der Waals surface area contributed by atoms with Crippen molar-refractivity contribution in [1.29, 1.82) is 0 Å². The molecule has 1 rings (SSSR count). The number of thiophene rings is 1. The molecule has 0 spiro atoms. The highest BCUT2D eigenvalue weighted by Crippen LogP contribution is 2.13. The summed E-state index contributed by atoms with van der Waals surface area (Å²) in [5, 5.41) is 6.78. The third kappa shape index (κ3) is 3.72. The van der Waals surface area contributed by atoms with E-state index < -0.39 is 12.5 Å². The quantitative estimate of drug-likeness (QED) is 0.775. The summed E-state index contributed by atoms with van der Waals surface area (Å²) in [7, 11) is 0. The molecule has 1 unspecified atom stereocenters. The van der Waals surface area contributed by atoms with Gasteiger partial charge in [0.25, 0.3) is 6.43 Å². The van der Waals surface area contributed by atoms with Crippen LogP contribution in [0, 0.1) is 0 Å². The third-order valence-electron chi connectivity index (χ3n) is 2.09. The summed E-state index contributed by atoms with van der Waals surface area (Å²) >= 11 is 1.61. The van der Waals surface area contributed by atoms with Crippen molar-refractivity contribution >= 4 is 11.3 Å². The van der Waals surface area contributed by atoms with E-state index in [-0.39, 0.29) is 0 Å². The number of aryl methyl sites for hydroxylation is 1. The molecule has 0 saturated heterocycles. The summed E-state index contributed by atoms with van der Waals surface area (Å²) in [4.78, 5) is 0. The molecule has 4 heteroatoms. The van der Waals surface area contributed by atoms with Gasteiger partial charge in [0.05, 0.1) is 6.04 Å². The zero-order valence-corrected chi connectivity index (χ0v) is 8.99. The van der Waals surface area contributed by atoms with Crippen LogP contribution in [0.1, 0.15) is 18.9 Å². The first-order valence-electron chi connectivity index (χ1n) is 4.76. The number of hydrogen-bond acceptors (Lipinski definition) is 2. The SMILES string of the molecule is CCNC(CCc1ccsc1)C(F)F. The van der Waals surface area contributed by atoms with E-state index in [2.05, 4.69) is 5.32 Å². The Labute approximate surface area is 87.1 Å². The first kappa shape index (κ1) is 11.6. The molecule has 1 nitrogen and oxygen atoms in total. The zero-order chi connectivity index (χ0) is 10.4. The van der Waals surface area contributed by atoms with E-state index >= 15 is 0 Å². The van der Waals surface area contributed by atoms with Gasteiger partial charge in [0.2, 0.25) is 0 Å². The van der Waals surface area contributed by atoms with Gasteiger partial charge in [-0.1, -0.05) is 6.92 Å². The summed E-state index contributed by atoms with van der Waals surface area (Å²) in [5.41, 5.74) is 1.15.